The first-order chi connectivity index (χ1) is 30.2. The van der Waals surface area contributed by atoms with Crippen LogP contribution in [-0.2, 0) is 40.0 Å². The molecule has 0 aliphatic heterocycles. The smallest absolute Gasteiger partial charge is 0.244 e. The minimum absolute atomic E-state index is 0.00641. The Labute approximate surface area is 374 Å². The minimum Gasteiger partial charge on any atom is -0.508 e. The highest BCUT2D eigenvalue weighted by molar-refractivity contribution is 5.97. The SMILES string of the molecule is CCC[C@H](NC(=O)[C@H](CCCN=C(N)N)NC(=O)CN(CCN)C(=O)[C@@H](N)CCCN=C(N)N)C(=O)N[C@@H](Cc1ccc(O)cc1)C(=O)N[C@@H](CN)C(=O)N[C@@H](CCC(C)C)C(N)=O. The van der Waals surface area contributed by atoms with Gasteiger partial charge in [0.2, 0.25) is 41.4 Å². The summed E-state index contributed by atoms with van der Waals surface area (Å²) in [6.07, 6.45) is 2.05. The summed E-state index contributed by atoms with van der Waals surface area (Å²) in [5.41, 5.74) is 45.4. The third kappa shape index (κ3) is 22.2. The number of nitrogens with one attached hydrogen (secondary N) is 5. The number of primary amides is 1. The average Bonchev–Trinajstić information content (AvgIpc) is 3.23. The maximum atomic E-state index is 14.0. The van der Waals surface area contributed by atoms with Gasteiger partial charge in [-0.05, 0) is 68.6 Å². The van der Waals surface area contributed by atoms with E-state index in [0.29, 0.717) is 24.8 Å². The Bertz CT molecular complexity index is 1720. The summed E-state index contributed by atoms with van der Waals surface area (Å²) in [5.74, 6) is -5.27. The fourth-order valence-electron chi connectivity index (χ4n) is 6.23. The lowest BCUT2D eigenvalue weighted by molar-refractivity contribution is -0.138. The molecule has 0 aliphatic carbocycles. The Morgan fingerprint density at radius 3 is 1.67 bits per heavy atom. The van der Waals surface area contributed by atoms with Crippen molar-refractivity contribution in [2.24, 2.45) is 61.8 Å². The summed E-state index contributed by atoms with van der Waals surface area (Å²) >= 11 is 0. The van der Waals surface area contributed by atoms with Gasteiger partial charge in [0, 0.05) is 39.1 Å². The van der Waals surface area contributed by atoms with Crippen molar-refractivity contribution in [1.82, 2.24) is 31.5 Å². The molecule has 0 aliphatic rings. The number of aromatic hydroxyl groups is 1. The van der Waals surface area contributed by atoms with E-state index in [2.05, 4.69) is 36.6 Å². The average molecular weight is 905 g/mol. The van der Waals surface area contributed by atoms with Gasteiger partial charge in [-0.1, -0.05) is 39.3 Å². The van der Waals surface area contributed by atoms with Crippen molar-refractivity contribution in [2.45, 2.75) is 115 Å². The predicted octanol–water partition coefficient (Wildman–Crippen LogP) is -4.74. The number of aliphatic imine (C=N–C) groups is 2. The molecule has 0 spiro atoms. The largest absolute Gasteiger partial charge is 0.508 e. The molecular formula is C40H72N16O8. The first kappa shape index (κ1) is 55.7. The number of nitrogens with zero attached hydrogens (tertiary/aromatic N) is 3. The summed E-state index contributed by atoms with van der Waals surface area (Å²) in [6, 6.07) is -1.32. The van der Waals surface area contributed by atoms with Crippen molar-refractivity contribution < 1.29 is 38.7 Å². The Hall–Kier alpha value is -6.27. The van der Waals surface area contributed by atoms with E-state index in [4.69, 9.17) is 45.9 Å². The van der Waals surface area contributed by atoms with Crippen LogP contribution in [0.25, 0.3) is 0 Å². The van der Waals surface area contributed by atoms with E-state index in [9.17, 15) is 38.7 Å². The number of carbonyl (C=O) groups is 7. The van der Waals surface area contributed by atoms with Gasteiger partial charge in [-0.25, -0.2) is 0 Å². The lowest BCUT2D eigenvalue weighted by Gasteiger charge is -2.28. The van der Waals surface area contributed by atoms with Gasteiger partial charge in [-0.15, -0.1) is 0 Å². The number of hydrogen-bond donors (Lipinski definition) is 14. The first-order valence-electron chi connectivity index (χ1n) is 21.4. The van der Waals surface area contributed by atoms with Crippen molar-refractivity contribution in [2.75, 3.05) is 39.3 Å². The second kappa shape index (κ2) is 29.9. The molecule has 0 unspecified atom stereocenters. The van der Waals surface area contributed by atoms with E-state index in [1.54, 1.807) is 6.92 Å². The van der Waals surface area contributed by atoms with Crippen molar-refractivity contribution in [1.29, 1.82) is 0 Å². The Kier molecular flexibility index (Phi) is 26.1. The van der Waals surface area contributed by atoms with Crippen LogP contribution in [-0.4, -0.2) is 139 Å². The number of phenols is 1. The van der Waals surface area contributed by atoms with Crippen molar-refractivity contribution in [3.63, 3.8) is 0 Å². The van der Waals surface area contributed by atoms with Crippen LogP contribution in [0.1, 0.15) is 77.7 Å². The summed E-state index contributed by atoms with van der Waals surface area (Å²) < 4.78 is 0. The van der Waals surface area contributed by atoms with Crippen LogP contribution in [0, 0.1) is 5.92 Å². The van der Waals surface area contributed by atoms with E-state index in [-0.39, 0.29) is 94.8 Å². The van der Waals surface area contributed by atoms with Gasteiger partial charge < -0.3 is 82.5 Å². The molecule has 64 heavy (non-hydrogen) atoms. The molecule has 22 N–H and O–H groups in total. The van der Waals surface area contributed by atoms with Crippen LogP contribution < -0.4 is 72.5 Å². The minimum atomic E-state index is -1.35. The topological polar surface area (TPSA) is 436 Å². The lowest BCUT2D eigenvalue weighted by Crippen LogP contribution is -2.60. The molecule has 24 nitrogen and oxygen atoms in total. The molecule has 0 bridgehead atoms. The zero-order valence-electron chi connectivity index (χ0n) is 37.2. The normalized spacial score (nSPS) is 13.7. The highest BCUT2D eigenvalue weighted by Crippen LogP contribution is 2.13. The monoisotopic (exact) mass is 905 g/mol. The lowest BCUT2D eigenvalue weighted by atomic mass is 10.0. The highest BCUT2D eigenvalue weighted by Gasteiger charge is 2.32. The second-order valence-electron chi connectivity index (χ2n) is 15.7. The molecule has 0 saturated heterocycles. The molecule has 0 radical (unpaired) electrons. The molecule has 360 valence electrons. The third-order valence-electron chi connectivity index (χ3n) is 9.71. The third-order valence-corrected chi connectivity index (χ3v) is 9.71. The fourth-order valence-corrected chi connectivity index (χ4v) is 6.23. The van der Waals surface area contributed by atoms with Gasteiger partial charge in [0.15, 0.2) is 11.9 Å². The maximum Gasteiger partial charge on any atom is 0.244 e. The Balaban J connectivity index is 3.35. The van der Waals surface area contributed by atoms with E-state index in [1.165, 1.54) is 29.2 Å². The number of benzene rings is 1. The van der Waals surface area contributed by atoms with Crippen molar-refractivity contribution in [3.8, 4) is 5.75 Å². The summed E-state index contributed by atoms with van der Waals surface area (Å²) in [7, 11) is 0. The number of nitrogens with two attached hydrogens (primary N) is 8. The number of phenolic OH excluding ortho intramolecular Hbond substituents is 1. The molecule has 1 aromatic rings. The van der Waals surface area contributed by atoms with Gasteiger partial charge >= 0.3 is 0 Å². The predicted molar refractivity (Wildman–Crippen MR) is 242 cm³/mol. The molecule has 24 heteroatoms. The zero-order valence-corrected chi connectivity index (χ0v) is 37.2. The molecule has 0 saturated carbocycles. The molecule has 1 rings (SSSR count). The van der Waals surface area contributed by atoms with Crippen molar-refractivity contribution in [3.05, 3.63) is 29.8 Å². The molecule has 6 atom stereocenters. The van der Waals surface area contributed by atoms with Gasteiger partial charge in [0.25, 0.3) is 0 Å². The zero-order chi connectivity index (χ0) is 48.4. The van der Waals surface area contributed by atoms with Gasteiger partial charge in [-0.3, -0.25) is 43.5 Å². The van der Waals surface area contributed by atoms with Gasteiger partial charge in [0.05, 0.1) is 12.6 Å². The first-order valence-corrected chi connectivity index (χ1v) is 21.4. The van der Waals surface area contributed by atoms with Crippen LogP contribution in [0.4, 0.5) is 0 Å². The number of rotatable bonds is 31. The number of guanidine groups is 2. The Morgan fingerprint density at radius 2 is 1.16 bits per heavy atom. The van der Waals surface area contributed by atoms with Gasteiger partial charge in [0.1, 0.15) is 36.0 Å². The number of hydrogen-bond acceptors (Lipinski definition) is 13. The number of carbonyl (C=O) groups excluding carboxylic acids is 7. The number of amides is 7. The molecule has 0 fully saturated rings. The second-order valence-corrected chi connectivity index (χ2v) is 15.7. The van der Waals surface area contributed by atoms with Crippen molar-refractivity contribution >= 4 is 53.3 Å². The van der Waals surface area contributed by atoms with E-state index < -0.39 is 84.1 Å². The summed E-state index contributed by atoms with van der Waals surface area (Å²) in [5, 5.41) is 22.9. The maximum absolute atomic E-state index is 14.0. The van der Waals surface area contributed by atoms with E-state index in [1.807, 2.05) is 13.8 Å². The quantitative estimate of drug-likeness (QED) is 0.0189. The molecular weight excluding hydrogens is 833 g/mol. The molecule has 0 aromatic heterocycles. The summed E-state index contributed by atoms with van der Waals surface area (Å²) in [6.45, 7) is 5.12. The van der Waals surface area contributed by atoms with Gasteiger partial charge in [-0.2, -0.15) is 0 Å². The van der Waals surface area contributed by atoms with Crippen LogP contribution in [0.3, 0.4) is 0 Å². The molecule has 7 amide bonds. The fraction of sp³-hybridized carbons (Fsp3) is 0.625. The molecule has 1 aromatic carbocycles. The van der Waals surface area contributed by atoms with Crippen LogP contribution in [0.15, 0.2) is 34.3 Å². The van der Waals surface area contributed by atoms with Crippen LogP contribution in [0.5, 0.6) is 5.75 Å². The Morgan fingerprint density at radius 1 is 0.656 bits per heavy atom. The van der Waals surface area contributed by atoms with E-state index in [0.717, 1.165) is 0 Å². The highest BCUT2D eigenvalue weighted by atomic mass is 16.3. The van der Waals surface area contributed by atoms with Crippen LogP contribution in [0.2, 0.25) is 0 Å². The van der Waals surface area contributed by atoms with E-state index >= 15 is 0 Å². The van der Waals surface area contributed by atoms with Crippen LogP contribution >= 0.6 is 0 Å². The summed E-state index contributed by atoms with van der Waals surface area (Å²) in [4.78, 5) is 103. The molecule has 0 heterocycles. The standard InChI is InChI=1S/C40H72N16O8/c1-4-7-28(53-35(61)29(9-6-18-50-40(47)48)51-32(58)22-56(19-16-41)38(64)26(43)8-5-17-49-39(45)46)34(60)54-30(20-24-11-13-25(57)14-12-24)36(62)55-31(21-42)37(63)52-27(33(44)59)15-10-23(2)3/h11-14,23,26-31,57H,4-10,15-22,41-43H2,1-3H3,(H2,44,59)(H,51,58)(H,52,63)(H,53,61)(H,54,60)(H,55,62)(H4,45,46,49)(H4,47,48,50)/t26-,27-,28-,29-,30-,31-/m0/s1.